The third-order valence-corrected chi connectivity index (χ3v) is 9.70. The van der Waals surface area contributed by atoms with Crippen LogP contribution in [0, 0.1) is 22.7 Å². The van der Waals surface area contributed by atoms with Gasteiger partial charge in [0.1, 0.15) is 42.3 Å². The number of carbonyl (C=O) groups is 10. The van der Waals surface area contributed by atoms with Gasteiger partial charge in [-0.05, 0) is 63.7 Å². The van der Waals surface area contributed by atoms with E-state index >= 15 is 0 Å². The highest BCUT2D eigenvalue weighted by atomic mass is 16.5. The Morgan fingerprint density at radius 3 is 1.34 bits per heavy atom. The van der Waals surface area contributed by atoms with Crippen LogP contribution in [0.25, 0.3) is 0 Å². The number of aliphatic hydroxyl groups excluding tert-OH is 1. The molecule has 0 heterocycles. The van der Waals surface area contributed by atoms with Gasteiger partial charge in [-0.25, -0.2) is 4.79 Å². The zero-order valence-electron chi connectivity index (χ0n) is 39.5. The molecule has 0 aliphatic carbocycles. The summed E-state index contributed by atoms with van der Waals surface area (Å²) in [7, 11) is 1.15. The molecule has 386 valence electrons. The van der Waals surface area contributed by atoms with Gasteiger partial charge in [0.05, 0.1) is 26.2 Å². The first-order valence-electron chi connectivity index (χ1n) is 21.9. The summed E-state index contributed by atoms with van der Waals surface area (Å²) >= 11 is 0. The van der Waals surface area contributed by atoms with Crippen LogP contribution in [0.15, 0.2) is 0 Å². The first-order chi connectivity index (χ1) is 31.7. The number of nitrogens with one attached hydrogen (secondary N) is 11. The van der Waals surface area contributed by atoms with Crippen LogP contribution < -0.4 is 70.8 Å². The molecule has 68 heavy (non-hydrogen) atoms. The molecule has 28 nitrogen and oxygen atoms in total. The summed E-state index contributed by atoms with van der Waals surface area (Å²) in [6.45, 7) is 7.55. The van der Waals surface area contributed by atoms with Crippen LogP contribution in [0.5, 0.6) is 0 Å². The number of carbonyl (C=O) groups excluding carboxylic acids is 9. The van der Waals surface area contributed by atoms with E-state index in [1.54, 1.807) is 13.8 Å². The number of hydrogen-bond acceptors (Lipinski definition) is 15. The fraction of sp³-hybridized carbons (Fsp3) is 0.700. The lowest BCUT2D eigenvalue weighted by molar-refractivity contribution is -0.146. The molecule has 0 saturated carbocycles. The van der Waals surface area contributed by atoms with Crippen LogP contribution in [-0.4, -0.2) is 156 Å². The average molecular weight is 972 g/mol. The number of methoxy groups -OCH3 is 1. The van der Waals surface area contributed by atoms with Gasteiger partial charge in [-0.1, -0.05) is 27.7 Å². The van der Waals surface area contributed by atoms with Crippen LogP contribution in [0.2, 0.25) is 0 Å². The summed E-state index contributed by atoms with van der Waals surface area (Å²) in [5.74, 6) is -10.6. The number of hydrogen-bond donors (Lipinski definition) is 17. The Labute approximate surface area is 394 Å². The molecule has 28 heteroatoms. The minimum Gasteiger partial charge on any atom is -0.481 e. The maximum atomic E-state index is 14.0. The molecule has 0 spiro atoms. The Bertz CT molecular complexity index is 1770. The monoisotopic (exact) mass is 972 g/mol. The highest BCUT2D eigenvalue weighted by molar-refractivity contribution is 5.98. The molecule has 0 aliphatic heterocycles. The second-order valence-electron chi connectivity index (χ2n) is 16.7. The van der Waals surface area contributed by atoms with Crippen LogP contribution in [0.3, 0.4) is 0 Å². The van der Waals surface area contributed by atoms with Gasteiger partial charge in [0.25, 0.3) is 0 Å². The van der Waals surface area contributed by atoms with Crippen molar-refractivity contribution in [2.75, 3.05) is 26.8 Å². The predicted molar refractivity (Wildman–Crippen MR) is 244 cm³/mol. The summed E-state index contributed by atoms with van der Waals surface area (Å²) in [6, 6.07) is -11.3. The van der Waals surface area contributed by atoms with Crippen LogP contribution >= 0.6 is 0 Å². The first-order valence-corrected chi connectivity index (χ1v) is 21.9. The van der Waals surface area contributed by atoms with E-state index in [1.165, 1.54) is 6.92 Å². The number of esters is 1. The summed E-state index contributed by atoms with van der Waals surface area (Å²) in [6.07, 6.45) is -1.21. The number of primary amides is 1. The van der Waals surface area contributed by atoms with Gasteiger partial charge < -0.3 is 85.7 Å². The van der Waals surface area contributed by atoms with E-state index in [-0.39, 0.29) is 81.8 Å². The van der Waals surface area contributed by atoms with E-state index in [0.717, 1.165) is 7.11 Å². The molecule has 0 aromatic rings. The molecule has 0 rings (SSSR count). The van der Waals surface area contributed by atoms with Crippen molar-refractivity contribution in [3.8, 4) is 0 Å². The number of rotatable bonds is 33. The second kappa shape index (κ2) is 32.0. The van der Waals surface area contributed by atoms with Crippen LogP contribution in [0.4, 0.5) is 0 Å². The number of aliphatic carboxylic acids is 1. The largest absolute Gasteiger partial charge is 0.481 e. The zero-order chi connectivity index (χ0) is 52.3. The second-order valence-corrected chi connectivity index (χ2v) is 16.7. The minimum atomic E-state index is -1.65. The molecule has 0 aliphatic rings. The molecule has 21 N–H and O–H groups in total. The first kappa shape index (κ1) is 61.2. The van der Waals surface area contributed by atoms with Crippen molar-refractivity contribution >= 4 is 71.1 Å². The number of aliphatic hydroxyl groups is 1. The molecule has 8 unspecified atom stereocenters. The third kappa shape index (κ3) is 25.7. The number of carboxylic acid groups (broad SMARTS) is 1. The van der Waals surface area contributed by atoms with Crippen molar-refractivity contribution in [3.63, 3.8) is 0 Å². The molecular weight excluding hydrogens is 899 g/mol. The highest BCUT2D eigenvalue weighted by Gasteiger charge is 2.34. The number of guanidine groups is 2. The zero-order valence-corrected chi connectivity index (χ0v) is 39.5. The molecule has 0 aromatic heterocycles. The Hall–Kier alpha value is -6.84. The Morgan fingerprint density at radius 1 is 0.544 bits per heavy atom. The standard InChI is InChI=1S/C40H73N15O13/c1-19(2)15-26(53-33(62)23(9-7-13-47-39(43)44)50-31(60)21(5)49-37(66)28(18-56)55-32(61)22(41)17-30(58)59)36(65)52-25(11-12-29(42)57)35(64)51-24(10-8-14-48-40(45)46)34(63)54-27(16-20(3)4)38(67)68-6/h19-28,56H,7-18,41H2,1-6H3,(H2,42,57)(H,49,66)(H,50,60)(H,51,64)(H,52,65)(H,53,62)(H,54,63)(H,55,61)(H,58,59)(H4,43,44,47)(H4,45,46,48). The fourth-order valence-corrected chi connectivity index (χ4v) is 6.20. The van der Waals surface area contributed by atoms with E-state index in [2.05, 4.69) is 47.9 Å². The molecule has 0 bridgehead atoms. The van der Waals surface area contributed by atoms with Gasteiger partial charge in [0, 0.05) is 19.5 Å². The maximum Gasteiger partial charge on any atom is 0.328 e. The lowest BCUT2D eigenvalue weighted by atomic mass is 10.0. The number of amides is 8. The van der Waals surface area contributed by atoms with Crippen molar-refractivity contribution < 1.29 is 62.9 Å². The van der Waals surface area contributed by atoms with Gasteiger partial charge in [0.15, 0.2) is 11.9 Å². The minimum absolute atomic E-state index is 0.0237. The molecule has 0 fully saturated rings. The number of carboxylic acids is 1. The lowest BCUT2D eigenvalue weighted by Gasteiger charge is -2.28. The van der Waals surface area contributed by atoms with Crippen molar-refractivity contribution in [2.24, 2.45) is 34.8 Å². The van der Waals surface area contributed by atoms with Crippen molar-refractivity contribution in [3.05, 3.63) is 0 Å². The molecular formula is C40H73N15O13. The van der Waals surface area contributed by atoms with Gasteiger partial charge in [0.2, 0.25) is 47.3 Å². The summed E-state index contributed by atoms with van der Waals surface area (Å²) in [5.41, 5.74) is 21.7. The van der Waals surface area contributed by atoms with Crippen molar-refractivity contribution in [1.29, 1.82) is 10.8 Å². The predicted octanol–water partition coefficient (Wildman–Crippen LogP) is -5.75. The summed E-state index contributed by atoms with van der Waals surface area (Å²) in [5, 5.41) is 55.7. The normalized spacial score (nSPS) is 14.4. The maximum absolute atomic E-state index is 14.0. The Kier molecular flexibility index (Phi) is 28.8. The summed E-state index contributed by atoms with van der Waals surface area (Å²) < 4.78 is 4.84. The fourth-order valence-electron chi connectivity index (χ4n) is 6.20. The number of ether oxygens (including phenoxy) is 1. The van der Waals surface area contributed by atoms with Gasteiger partial charge in [-0.3, -0.25) is 54.0 Å². The van der Waals surface area contributed by atoms with E-state index < -0.39 is 127 Å². The topological polar surface area (TPSA) is 480 Å². The lowest BCUT2D eigenvalue weighted by Crippen LogP contribution is -2.60. The smallest absolute Gasteiger partial charge is 0.328 e. The Balaban J connectivity index is 6.56. The van der Waals surface area contributed by atoms with E-state index in [9.17, 15) is 53.1 Å². The van der Waals surface area contributed by atoms with Crippen molar-refractivity contribution in [2.45, 2.75) is 141 Å². The summed E-state index contributed by atoms with van der Waals surface area (Å²) in [4.78, 5) is 130. The quantitative estimate of drug-likeness (QED) is 0.0126. The van der Waals surface area contributed by atoms with Crippen LogP contribution in [-0.2, 0) is 52.7 Å². The molecule has 0 radical (unpaired) electrons. The van der Waals surface area contributed by atoms with Gasteiger partial charge in [-0.15, -0.1) is 0 Å². The van der Waals surface area contributed by atoms with E-state index in [0.29, 0.717) is 0 Å². The average Bonchev–Trinajstić information content (AvgIpc) is 3.23. The molecule has 0 saturated heterocycles. The van der Waals surface area contributed by atoms with E-state index in [1.807, 2.05) is 13.8 Å². The third-order valence-electron chi connectivity index (χ3n) is 9.70. The Morgan fingerprint density at radius 2 is 0.926 bits per heavy atom. The van der Waals surface area contributed by atoms with Crippen LogP contribution in [0.1, 0.15) is 92.4 Å². The highest BCUT2D eigenvalue weighted by Crippen LogP contribution is 2.11. The molecule has 0 aromatic carbocycles. The SMILES string of the molecule is COC(=O)C(CC(C)C)NC(=O)C(CCCNC(=N)N)NC(=O)C(CCC(N)=O)NC(=O)C(CC(C)C)NC(=O)C(CCCNC(=N)N)NC(=O)C(C)NC(=O)C(CO)NC(=O)C(N)CC(=O)O. The molecule has 8 atom stereocenters. The van der Waals surface area contributed by atoms with E-state index in [4.69, 9.17) is 43.6 Å². The molecule has 8 amide bonds. The number of nitrogens with two attached hydrogens (primary N) is 4. The van der Waals surface area contributed by atoms with Crippen molar-refractivity contribution in [1.82, 2.24) is 47.9 Å². The van der Waals surface area contributed by atoms with Gasteiger partial charge in [-0.2, -0.15) is 0 Å². The van der Waals surface area contributed by atoms with Gasteiger partial charge >= 0.3 is 11.9 Å².